The largest absolute Gasteiger partial charge is 0.352 e. The zero-order valence-corrected chi connectivity index (χ0v) is 22.9. The number of carbonyl (C=O) groups is 2. The Hall–Kier alpha value is -4.25. The number of nitrogens with one attached hydrogen (secondary N) is 1. The van der Waals surface area contributed by atoms with E-state index in [1.807, 2.05) is 19.9 Å². The van der Waals surface area contributed by atoms with Crippen LogP contribution in [0.2, 0.25) is 0 Å². The lowest BCUT2D eigenvalue weighted by Gasteiger charge is -2.32. The van der Waals surface area contributed by atoms with Gasteiger partial charge in [-0.05, 0) is 44.0 Å². The molecule has 0 fully saturated rings. The summed E-state index contributed by atoms with van der Waals surface area (Å²) in [5, 5.41) is 14.3. The molecule has 11 heteroatoms. The third kappa shape index (κ3) is 7.41. The Morgan fingerprint density at radius 1 is 0.949 bits per heavy atom. The molecule has 3 rings (SSSR count). The van der Waals surface area contributed by atoms with Crippen LogP contribution in [-0.4, -0.2) is 48.7 Å². The lowest BCUT2D eigenvalue weighted by Crippen LogP contribution is -2.52. The molecule has 10 nitrogen and oxygen atoms in total. The van der Waals surface area contributed by atoms with Crippen LogP contribution in [0.1, 0.15) is 32.8 Å². The van der Waals surface area contributed by atoms with Gasteiger partial charge in [-0.15, -0.1) is 0 Å². The first kappa shape index (κ1) is 29.3. The summed E-state index contributed by atoms with van der Waals surface area (Å²) in [5.74, 6) is -1.02. The number of hydrogen-bond acceptors (Lipinski definition) is 6. The van der Waals surface area contributed by atoms with E-state index in [1.165, 1.54) is 35.2 Å². The molecule has 0 aromatic heterocycles. The summed E-state index contributed by atoms with van der Waals surface area (Å²) < 4.78 is 28.3. The van der Waals surface area contributed by atoms with E-state index in [4.69, 9.17) is 0 Å². The number of sulfonamides is 1. The highest BCUT2D eigenvalue weighted by Gasteiger charge is 2.33. The molecular weight excluding hydrogens is 520 g/mol. The molecule has 0 unspecified atom stereocenters. The van der Waals surface area contributed by atoms with Gasteiger partial charge in [0.25, 0.3) is 15.7 Å². The number of anilines is 1. The van der Waals surface area contributed by atoms with E-state index in [1.54, 1.807) is 49.4 Å². The summed E-state index contributed by atoms with van der Waals surface area (Å²) >= 11 is 0. The van der Waals surface area contributed by atoms with Gasteiger partial charge in [-0.2, -0.15) is 0 Å². The van der Waals surface area contributed by atoms with Crippen LogP contribution in [0.5, 0.6) is 0 Å². The second kappa shape index (κ2) is 13.0. The number of hydrogen-bond donors (Lipinski definition) is 1. The number of nitro groups is 1. The van der Waals surface area contributed by atoms with Crippen molar-refractivity contribution in [3.63, 3.8) is 0 Å². The smallest absolute Gasteiger partial charge is 0.271 e. The summed E-state index contributed by atoms with van der Waals surface area (Å²) in [4.78, 5) is 38.9. The first-order valence-electron chi connectivity index (χ1n) is 12.5. The highest BCUT2D eigenvalue weighted by atomic mass is 32.2. The van der Waals surface area contributed by atoms with Gasteiger partial charge >= 0.3 is 0 Å². The number of carbonyl (C=O) groups excluding carboxylic acids is 2. The number of benzene rings is 3. The van der Waals surface area contributed by atoms with Crippen LogP contribution in [0.15, 0.2) is 89.8 Å². The quantitative estimate of drug-likeness (QED) is 0.266. The summed E-state index contributed by atoms with van der Waals surface area (Å²) in [7, 11) is -4.30. The van der Waals surface area contributed by atoms with Crippen LogP contribution in [-0.2, 0) is 26.2 Å². The first-order valence-corrected chi connectivity index (χ1v) is 13.9. The van der Waals surface area contributed by atoms with Gasteiger partial charge in [-0.1, -0.05) is 61.5 Å². The third-order valence-corrected chi connectivity index (χ3v) is 8.09. The van der Waals surface area contributed by atoms with Crippen molar-refractivity contribution in [3.05, 3.63) is 101 Å². The molecule has 0 aliphatic carbocycles. The molecule has 0 aliphatic heterocycles. The topological polar surface area (TPSA) is 130 Å². The fourth-order valence-electron chi connectivity index (χ4n) is 3.84. The van der Waals surface area contributed by atoms with Crippen molar-refractivity contribution in [1.82, 2.24) is 10.2 Å². The average Bonchev–Trinajstić information content (AvgIpc) is 2.94. The van der Waals surface area contributed by atoms with Gasteiger partial charge in [0.1, 0.15) is 12.6 Å². The van der Waals surface area contributed by atoms with Crippen molar-refractivity contribution in [3.8, 4) is 0 Å². The third-order valence-electron chi connectivity index (χ3n) is 6.30. The molecule has 0 spiro atoms. The van der Waals surface area contributed by atoms with E-state index < -0.39 is 33.4 Å². The van der Waals surface area contributed by atoms with E-state index in [2.05, 4.69) is 5.32 Å². The van der Waals surface area contributed by atoms with Crippen molar-refractivity contribution in [2.24, 2.45) is 0 Å². The predicted octanol–water partition coefficient (Wildman–Crippen LogP) is 4.12. The van der Waals surface area contributed by atoms with Crippen molar-refractivity contribution >= 4 is 33.2 Å². The molecule has 0 saturated carbocycles. The number of amides is 2. The maximum absolute atomic E-state index is 13.8. The summed E-state index contributed by atoms with van der Waals surface area (Å²) in [6, 6.07) is 20.6. The zero-order chi connectivity index (χ0) is 28.6. The van der Waals surface area contributed by atoms with Crippen LogP contribution in [0.25, 0.3) is 0 Å². The second-order valence-electron chi connectivity index (χ2n) is 9.10. The molecule has 0 radical (unpaired) electrons. The van der Waals surface area contributed by atoms with Gasteiger partial charge in [-0.3, -0.25) is 24.0 Å². The number of non-ortho nitro benzene ring substituents is 1. The van der Waals surface area contributed by atoms with Gasteiger partial charge in [0.15, 0.2) is 0 Å². The second-order valence-corrected chi connectivity index (χ2v) is 11.0. The van der Waals surface area contributed by atoms with Crippen molar-refractivity contribution < 1.29 is 22.9 Å². The maximum Gasteiger partial charge on any atom is 0.271 e. The Morgan fingerprint density at radius 3 is 2.15 bits per heavy atom. The first-order chi connectivity index (χ1) is 18.5. The summed E-state index contributed by atoms with van der Waals surface area (Å²) in [5.41, 5.74) is 0.385. The van der Waals surface area contributed by atoms with Crippen LogP contribution in [0.4, 0.5) is 11.4 Å². The van der Waals surface area contributed by atoms with E-state index in [9.17, 15) is 28.1 Å². The van der Waals surface area contributed by atoms with E-state index in [-0.39, 0.29) is 34.8 Å². The minimum atomic E-state index is -4.30. The average molecular weight is 553 g/mol. The predicted molar refractivity (Wildman–Crippen MR) is 148 cm³/mol. The van der Waals surface area contributed by atoms with Crippen LogP contribution in [0, 0.1) is 10.1 Å². The van der Waals surface area contributed by atoms with Crippen molar-refractivity contribution in [2.45, 2.75) is 50.7 Å². The molecule has 0 bridgehead atoms. The van der Waals surface area contributed by atoms with Gasteiger partial charge < -0.3 is 10.2 Å². The highest BCUT2D eigenvalue weighted by molar-refractivity contribution is 7.92. The molecule has 0 saturated heterocycles. The van der Waals surface area contributed by atoms with Crippen molar-refractivity contribution in [2.75, 3.05) is 10.8 Å². The van der Waals surface area contributed by atoms with Gasteiger partial charge in [0.2, 0.25) is 11.8 Å². The van der Waals surface area contributed by atoms with Crippen LogP contribution < -0.4 is 9.62 Å². The lowest BCUT2D eigenvalue weighted by atomic mass is 10.1. The molecule has 3 aromatic carbocycles. The maximum atomic E-state index is 13.8. The lowest BCUT2D eigenvalue weighted by molar-refractivity contribution is -0.384. The van der Waals surface area contributed by atoms with Crippen LogP contribution in [0.3, 0.4) is 0 Å². The van der Waals surface area contributed by atoms with E-state index in [0.29, 0.717) is 6.42 Å². The summed E-state index contributed by atoms with van der Waals surface area (Å²) in [6.07, 6.45) is 0.695. The molecule has 39 heavy (non-hydrogen) atoms. The van der Waals surface area contributed by atoms with Crippen LogP contribution >= 0.6 is 0 Å². The Kier molecular flexibility index (Phi) is 9.78. The SMILES string of the molecule is CC[C@H](C)NC(=O)[C@@H](C)N(Cc1ccccc1)C(=O)CN(c1cccc([N+](=O)[O-])c1)S(=O)(=O)c1ccccc1. The molecule has 2 atom stereocenters. The van der Waals surface area contributed by atoms with E-state index in [0.717, 1.165) is 15.9 Å². The Bertz CT molecular complexity index is 1400. The fourth-order valence-corrected chi connectivity index (χ4v) is 5.27. The number of nitro benzene ring substituents is 1. The highest BCUT2D eigenvalue weighted by Crippen LogP contribution is 2.27. The van der Waals surface area contributed by atoms with E-state index >= 15 is 0 Å². The normalized spacial score (nSPS) is 12.7. The number of nitrogens with zero attached hydrogens (tertiary/aromatic N) is 3. The Balaban J connectivity index is 2.04. The Morgan fingerprint density at radius 2 is 1.56 bits per heavy atom. The Labute approximate surface area is 228 Å². The number of rotatable bonds is 12. The van der Waals surface area contributed by atoms with Gasteiger partial charge in [0.05, 0.1) is 15.5 Å². The molecule has 3 aromatic rings. The fraction of sp³-hybridized carbons (Fsp3) is 0.286. The molecule has 206 valence electrons. The van der Waals surface area contributed by atoms with Gasteiger partial charge in [-0.25, -0.2) is 8.42 Å². The molecule has 0 aliphatic rings. The minimum Gasteiger partial charge on any atom is -0.352 e. The molecule has 1 N–H and O–H groups in total. The molecule has 0 heterocycles. The summed E-state index contributed by atoms with van der Waals surface area (Å²) in [6.45, 7) is 4.75. The van der Waals surface area contributed by atoms with Crippen molar-refractivity contribution in [1.29, 1.82) is 0 Å². The standard InChI is InChI=1S/C28H32N4O6S/c1-4-21(2)29-28(34)22(3)30(19-23-12-7-5-8-13-23)27(33)20-31(24-14-11-15-25(18-24)32(35)36)39(37,38)26-16-9-6-10-17-26/h5-18,21-22H,4,19-20H2,1-3H3,(H,29,34)/t21-,22+/m0/s1. The zero-order valence-electron chi connectivity index (χ0n) is 22.1. The molecule has 2 amide bonds. The minimum absolute atomic E-state index is 0.0437. The monoisotopic (exact) mass is 552 g/mol. The van der Waals surface area contributed by atoms with Gasteiger partial charge in [0, 0.05) is 24.7 Å². The molecular formula is C28H32N4O6S.